The van der Waals surface area contributed by atoms with E-state index in [2.05, 4.69) is 32.6 Å². The number of hydrogen-bond donors (Lipinski definition) is 2. The Morgan fingerprint density at radius 3 is 2.08 bits per heavy atom. The van der Waals surface area contributed by atoms with Crippen LogP contribution in [0.4, 0.5) is 0 Å². The largest absolute Gasteiger partial charge is 0.379 e. The zero-order chi connectivity index (χ0) is 10.4. The van der Waals surface area contributed by atoms with Crippen molar-refractivity contribution in [1.29, 1.82) is 5.41 Å². The first-order valence-corrected chi connectivity index (χ1v) is 5.66. The van der Waals surface area contributed by atoms with Gasteiger partial charge in [0.25, 0.3) is 0 Å². The molecule has 4 heteroatoms. The van der Waals surface area contributed by atoms with E-state index in [-0.39, 0.29) is 5.17 Å². The summed E-state index contributed by atoms with van der Waals surface area (Å²) in [5, 5.41) is 7.29. The summed E-state index contributed by atoms with van der Waals surface area (Å²) < 4.78 is 0. The van der Waals surface area contributed by atoms with Gasteiger partial charge in [0.2, 0.25) is 0 Å². The molecule has 3 nitrogen and oxygen atoms in total. The zero-order valence-corrected chi connectivity index (χ0v) is 9.82. The van der Waals surface area contributed by atoms with E-state index in [0.717, 1.165) is 12.3 Å². The molecular weight excluding hydrogens is 182 g/mol. The summed E-state index contributed by atoms with van der Waals surface area (Å²) >= 11 is 1.41. The standard InChI is InChI=1S/C9H21N3S/c1-7(2)12(8(3)4)5-6-13-9(10)11/h7-8H,5-6H2,1-4H3,(H3,10,11). The molecule has 0 aromatic rings. The van der Waals surface area contributed by atoms with Gasteiger partial charge in [-0.3, -0.25) is 10.3 Å². The molecule has 0 aromatic heterocycles. The van der Waals surface area contributed by atoms with Gasteiger partial charge in [-0.2, -0.15) is 0 Å². The van der Waals surface area contributed by atoms with Crippen molar-refractivity contribution in [2.24, 2.45) is 5.73 Å². The molecule has 0 aliphatic carbocycles. The Bertz CT molecular complexity index is 149. The summed E-state index contributed by atoms with van der Waals surface area (Å²) in [6.45, 7) is 9.77. The van der Waals surface area contributed by atoms with Gasteiger partial charge in [-0.15, -0.1) is 0 Å². The molecule has 3 N–H and O–H groups in total. The third-order valence-corrected chi connectivity index (χ3v) is 2.63. The minimum Gasteiger partial charge on any atom is -0.379 e. The number of hydrogen-bond acceptors (Lipinski definition) is 3. The molecule has 0 unspecified atom stereocenters. The van der Waals surface area contributed by atoms with Crippen molar-refractivity contribution >= 4 is 16.9 Å². The molecule has 0 spiro atoms. The SMILES string of the molecule is CC(C)N(CCSC(=N)N)C(C)C. The van der Waals surface area contributed by atoms with Gasteiger partial charge in [-0.05, 0) is 27.7 Å². The maximum absolute atomic E-state index is 7.08. The predicted octanol–water partition coefficient (Wildman–Crippen LogP) is 1.73. The molecule has 78 valence electrons. The van der Waals surface area contributed by atoms with Crippen LogP contribution < -0.4 is 5.73 Å². The number of thioether (sulfide) groups is 1. The fraction of sp³-hybridized carbons (Fsp3) is 0.889. The van der Waals surface area contributed by atoms with Crippen molar-refractivity contribution in [2.75, 3.05) is 12.3 Å². The Kier molecular flexibility index (Phi) is 6.16. The van der Waals surface area contributed by atoms with Crippen LogP contribution >= 0.6 is 11.8 Å². The Morgan fingerprint density at radius 1 is 1.31 bits per heavy atom. The molecule has 0 saturated heterocycles. The van der Waals surface area contributed by atoms with Gasteiger partial charge in [-0.1, -0.05) is 11.8 Å². The molecule has 0 amide bonds. The van der Waals surface area contributed by atoms with Crippen molar-refractivity contribution in [1.82, 2.24) is 4.90 Å². The number of nitrogens with one attached hydrogen (secondary N) is 1. The van der Waals surface area contributed by atoms with Gasteiger partial charge in [0.05, 0.1) is 0 Å². The highest BCUT2D eigenvalue weighted by Gasteiger charge is 2.12. The molecular formula is C9H21N3S. The molecule has 0 radical (unpaired) electrons. The van der Waals surface area contributed by atoms with Crippen LogP contribution in [0.15, 0.2) is 0 Å². The van der Waals surface area contributed by atoms with Gasteiger partial charge in [-0.25, -0.2) is 0 Å². The Hall–Kier alpha value is -0.220. The van der Waals surface area contributed by atoms with Crippen molar-refractivity contribution in [3.05, 3.63) is 0 Å². The lowest BCUT2D eigenvalue weighted by molar-refractivity contribution is 0.187. The third kappa shape index (κ3) is 5.93. The maximum atomic E-state index is 7.08. The van der Waals surface area contributed by atoms with Crippen LogP contribution in [0.1, 0.15) is 27.7 Å². The Labute approximate surface area is 85.6 Å². The topological polar surface area (TPSA) is 53.1 Å². The number of nitrogens with two attached hydrogens (primary N) is 1. The van der Waals surface area contributed by atoms with E-state index in [1.54, 1.807) is 0 Å². The molecule has 0 heterocycles. The number of rotatable bonds is 5. The van der Waals surface area contributed by atoms with Gasteiger partial charge >= 0.3 is 0 Å². The third-order valence-electron chi connectivity index (χ3n) is 1.93. The van der Waals surface area contributed by atoms with E-state index in [4.69, 9.17) is 11.1 Å². The number of nitrogens with zero attached hydrogens (tertiary/aromatic N) is 1. The highest BCUT2D eigenvalue weighted by atomic mass is 32.2. The first-order chi connectivity index (χ1) is 5.95. The van der Waals surface area contributed by atoms with E-state index < -0.39 is 0 Å². The van der Waals surface area contributed by atoms with E-state index in [1.165, 1.54) is 11.8 Å². The van der Waals surface area contributed by atoms with Crippen LogP contribution in [0.3, 0.4) is 0 Å². The molecule has 0 fully saturated rings. The summed E-state index contributed by atoms with van der Waals surface area (Å²) in [6.07, 6.45) is 0. The minimum absolute atomic E-state index is 0.215. The lowest BCUT2D eigenvalue weighted by Crippen LogP contribution is -2.38. The van der Waals surface area contributed by atoms with E-state index >= 15 is 0 Å². The molecule has 0 aliphatic rings. The van der Waals surface area contributed by atoms with Crippen molar-refractivity contribution < 1.29 is 0 Å². The fourth-order valence-corrected chi connectivity index (χ4v) is 1.90. The summed E-state index contributed by atoms with van der Waals surface area (Å²) in [5.74, 6) is 0.908. The van der Waals surface area contributed by atoms with Gasteiger partial charge in [0.15, 0.2) is 5.17 Å². The van der Waals surface area contributed by atoms with Gasteiger partial charge < -0.3 is 5.73 Å². The fourth-order valence-electron chi connectivity index (χ4n) is 1.37. The van der Waals surface area contributed by atoms with E-state index in [0.29, 0.717) is 12.1 Å². The summed E-state index contributed by atoms with van der Waals surface area (Å²) in [4.78, 5) is 2.40. The average molecular weight is 203 g/mol. The van der Waals surface area contributed by atoms with Crippen LogP contribution in [-0.2, 0) is 0 Å². The van der Waals surface area contributed by atoms with Crippen LogP contribution in [0.2, 0.25) is 0 Å². The lowest BCUT2D eigenvalue weighted by Gasteiger charge is -2.30. The molecule has 0 rings (SSSR count). The lowest BCUT2D eigenvalue weighted by atomic mass is 10.2. The maximum Gasteiger partial charge on any atom is 0.151 e. The summed E-state index contributed by atoms with van der Waals surface area (Å²) in [5.41, 5.74) is 5.26. The number of amidine groups is 1. The van der Waals surface area contributed by atoms with E-state index in [9.17, 15) is 0 Å². The van der Waals surface area contributed by atoms with Gasteiger partial charge in [0.1, 0.15) is 0 Å². The van der Waals surface area contributed by atoms with Crippen LogP contribution in [0, 0.1) is 5.41 Å². The van der Waals surface area contributed by atoms with Crippen molar-refractivity contribution in [2.45, 2.75) is 39.8 Å². The second-order valence-electron chi connectivity index (χ2n) is 3.64. The molecule has 0 atom stereocenters. The molecule has 0 bridgehead atoms. The smallest absolute Gasteiger partial charge is 0.151 e. The quantitative estimate of drug-likeness (QED) is 0.528. The van der Waals surface area contributed by atoms with Gasteiger partial charge in [0, 0.05) is 24.4 Å². The normalized spacial score (nSPS) is 11.6. The first kappa shape index (κ1) is 12.8. The van der Waals surface area contributed by atoms with Crippen molar-refractivity contribution in [3.63, 3.8) is 0 Å². The van der Waals surface area contributed by atoms with E-state index in [1.807, 2.05) is 0 Å². The molecule has 0 aromatic carbocycles. The second-order valence-corrected chi connectivity index (χ2v) is 4.77. The van der Waals surface area contributed by atoms with Crippen molar-refractivity contribution in [3.8, 4) is 0 Å². The highest BCUT2D eigenvalue weighted by Crippen LogP contribution is 2.07. The summed E-state index contributed by atoms with van der Waals surface area (Å²) in [6, 6.07) is 1.13. The van der Waals surface area contributed by atoms with Crippen LogP contribution in [0.5, 0.6) is 0 Å². The molecule has 0 aliphatic heterocycles. The zero-order valence-electron chi connectivity index (χ0n) is 9.00. The summed E-state index contributed by atoms with van der Waals surface area (Å²) in [7, 11) is 0. The molecule has 13 heavy (non-hydrogen) atoms. The van der Waals surface area contributed by atoms with Crippen LogP contribution in [-0.4, -0.2) is 34.4 Å². The average Bonchev–Trinajstić information content (AvgIpc) is 1.95. The second kappa shape index (κ2) is 6.27. The predicted molar refractivity (Wildman–Crippen MR) is 61.4 cm³/mol. The molecule has 0 saturated carbocycles. The highest BCUT2D eigenvalue weighted by molar-refractivity contribution is 8.13. The monoisotopic (exact) mass is 203 g/mol. The van der Waals surface area contributed by atoms with Crippen LogP contribution in [0.25, 0.3) is 0 Å². The first-order valence-electron chi connectivity index (χ1n) is 4.67. The Balaban J connectivity index is 3.77. The Morgan fingerprint density at radius 2 is 1.77 bits per heavy atom. The minimum atomic E-state index is 0.215.